The molecule has 1 saturated carbocycles. The van der Waals surface area contributed by atoms with Gasteiger partial charge in [-0.25, -0.2) is 4.79 Å². The number of fused-ring (bicyclic) bond motifs is 3. The molecule has 0 spiro atoms. The number of anilines is 1. The van der Waals surface area contributed by atoms with Crippen LogP contribution in [0, 0.1) is 5.92 Å². The number of aliphatic hydroxyl groups excluding tert-OH is 5. The third-order valence-corrected chi connectivity index (χ3v) is 13.1. The number of carbonyl (C=O) groups is 2. The standard InChI is InChI=1S/C45H49N3O14/c49-15-12-25-20-44(42(58)59)38(37(25)43(13-4-1-5-14-43)29-6-2-3-7-32(29)52)28-18-33(53)34(61-45(60)41(57)40(56)39(55)35(22-50)62-45)19-30(28)48(44)36(54)11-9-24-8-10-31(51)26(16-24)17-27-21-46-23-47-27/h2-3,6-11,16,18-21,35,37-41,49-53,55-57,60H,1,4-5,12-15,17,22-23H2,(H,58,59)/b11-9+/t35-,37-,38+,39-,40+,41-,44-,45+/m1/s1. The van der Waals surface area contributed by atoms with Gasteiger partial charge in [-0.05, 0) is 72.7 Å². The molecular formula is C45H49N3O14. The summed E-state index contributed by atoms with van der Waals surface area (Å²) in [7, 11) is 0. The van der Waals surface area contributed by atoms with E-state index in [0.717, 1.165) is 36.3 Å². The van der Waals surface area contributed by atoms with E-state index in [4.69, 9.17) is 9.47 Å². The quantitative estimate of drug-likeness (QED) is 0.0710. The Morgan fingerprint density at radius 3 is 2.35 bits per heavy atom. The number of benzene rings is 3. The largest absolute Gasteiger partial charge is 0.508 e. The summed E-state index contributed by atoms with van der Waals surface area (Å²) < 4.78 is 10.9. The van der Waals surface area contributed by atoms with Crippen molar-refractivity contribution in [2.75, 3.05) is 24.8 Å². The van der Waals surface area contributed by atoms with Crippen LogP contribution in [0.4, 0.5) is 5.69 Å². The van der Waals surface area contributed by atoms with Crippen molar-refractivity contribution in [3.63, 3.8) is 0 Å². The van der Waals surface area contributed by atoms with Crippen LogP contribution in [0.3, 0.4) is 0 Å². The van der Waals surface area contributed by atoms with Crippen LogP contribution in [0.15, 0.2) is 82.3 Å². The van der Waals surface area contributed by atoms with E-state index in [9.17, 15) is 60.7 Å². The molecule has 3 aliphatic heterocycles. The smallest absolute Gasteiger partial charge is 0.355 e. The first kappa shape index (κ1) is 43.0. The third kappa shape index (κ3) is 7.03. The van der Waals surface area contributed by atoms with Gasteiger partial charge in [0.1, 0.15) is 36.5 Å². The van der Waals surface area contributed by atoms with Gasteiger partial charge in [0.25, 0.3) is 5.91 Å². The SMILES string of the molecule is O=C(/C=C/c1ccc(O)c(CC2=NCN=C2)c1)N1c2cc(O[C@]3(O)O[C@H](CO)[C@@H](O)[C@H](O)[C@H]3O)c(O)cc2[C@H]2[C@H](C3(c4ccccc4O)CCCCC3)C(CCO)=C[C@]21C(=O)O. The van der Waals surface area contributed by atoms with Gasteiger partial charge in [-0.1, -0.05) is 49.1 Å². The fourth-order valence-corrected chi connectivity index (χ4v) is 10.4. The molecule has 0 bridgehead atoms. The van der Waals surface area contributed by atoms with Crippen LogP contribution >= 0.6 is 0 Å². The topological polar surface area (TPSA) is 283 Å². The lowest BCUT2D eigenvalue weighted by molar-refractivity contribution is -0.422. The van der Waals surface area contributed by atoms with Gasteiger partial charge in [0.2, 0.25) is 0 Å². The molecule has 2 fully saturated rings. The molecule has 2 aliphatic carbocycles. The Kier molecular flexibility index (Phi) is 11.5. The molecule has 1 saturated heterocycles. The number of ether oxygens (including phenoxy) is 2. The summed E-state index contributed by atoms with van der Waals surface area (Å²) in [6.45, 7) is -1.00. The van der Waals surface area contributed by atoms with Crippen LogP contribution in [-0.4, -0.2) is 131 Å². The van der Waals surface area contributed by atoms with Crippen LogP contribution in [0.5, 0.6) is 23.0 Å². The number of aliphatic carboxylic acids is 1. The summed E-state index contributed by atoms with van der Waals surface area (Å²) in [5, 5.41) is 109. The van der Waals surface area contributed by atoms with Gasteiger partial charge in [-0.2, -0.15) is 0 Å². The predicted molar refractivity (Wildman–Crippen MR) is 222 cm³/mol. The zero-order chi connectivity index (χ0) is 44.1. The van der Waals surface area contributed by atoms with Crippen molar-refractivity contribution in [2.24, 2.45) is 15.9 Å². The number of para-hydroxylation sites is 1. The number of phenolic OH excluding ortho intramolecular Hbond substituents is 3. The molecule has 328 valence electrons. The first-order chi connectivity index (χ1) is 29.7. The fraction of sp³-hybridized carbons (Fsp3) is 0.422. The number of hydrogen-bond donors (Lipinski definition) is 10. The van der Waals surface area contributed by atoms with E-state index in [0.29, 0.717) is 40.8 Å². The van der Waals surface area contributed by atoms with Gasteiger partial charge < -0.3 is 60.5 Å². The summed E-state index contributed by atoms with van der Waals surface area (Å²) in [6.07, 6.45) is 1.43. The summed E-state index contributed by atoms with van der Waals surface area (Å²) >= 11 is 0. The monoisotopic (exact) mass is 855 g/mol. The molecule has 5 aliphatic rings. The van der Waals surface area contributed by atoms with Crippen molar-refractivity contribution >= 4 is 35.6 Å². The Morgan fingerprint density at radius 2 is 1.68 bits per heavy atom. The molecule has 17 heteroatoms. The molecule has 0 aromatic heterocycles. The number of aliphatic hydroxyl groups is 6. The number of nitrogens with zero attached hydrogens (tertiary/aromatic N) is 3. The number of carboxylic acids is 1. The van der Waals surface area contributed by atoms with Crippen molar-refractivity contribution in [2.45, 2.75) is 92.2 Å². The normalized spacial score (nSPS) is 29.9. The maximum Gasteiger partial charge on any atom is 0.355 e. The Balaban J connectivity index is 1.30. The number of aliphatic imine (C=N–C) groups is 2. The average Bonchev–Trinajstić information content (AvgIpc) is 3.96. The highest BCUT2D eigenvalue weighted by atomic mass is 16.8. The second kappa shape index (κ2) is 16.6. The summed E-state index contributed by atoms with van der Waals surface area (Å²) in [5.74, 6) is -8.70. The van der Waals surface area contributed by atoms with Crippen molar-refractivity contribution < 1.29 is 70.1 Å². The molecule has 62 heavy (non-hydrogen) atoms. The summed E-state index contributed by atoms with van der Waals surface area (Å²) in [5.41, 5.74) is -0.279. The van der Waals surface area contributed by atoms with Gasteiger partial charge >= 0.3 is 11.9 Å². The maximum atomic E-state index is 14.9. The number of hydrogen-bond acceptors (Lipinski definition) is 15. The highest BCUT2D eigenvalue weighted by molar-refractivity contribution is 6.32. The van der Waals surface area contributed by atoms with Crippen LogP contribution in [0.2, 0.25) is 0 Å². The van der Waals surface area contributed by atoms with E-state index in [1.807, 2.05) is 0 Å². The fourth-order valence-electron chi connectivity index (χ4n) is 10.4. The molecule has 8 atom stereocenters. The van der Waals surface area contributed by atoms with Gasteiger partial charge in [-0.3, -0.25) is 19.7 Å². The maximum absolute atomic E-state index is 14.9. The number of carbonyl (C=O) groups excluding carboxylic acids is 1. The first-order valence-electron chi connectivity index (χ1n) is 20.5. The number of phenols is 3. The van der Waals surface area contributed by atoms with Gasteiger partial charge in [0.15, 0.2) is 23.1 Å². The third-order valence-electron chi connectivity index (χ3n) is 13.1. The first-order valence-corrected chi connectivity index (χ1v) is 20.5. The van der Waals surface area contributed by atoms with E-state index >= 15 is 0 Å². The van der Waals surface area contributed by atoms with Crippen LogP contribution in [0.25, 0.3) is 6.08 Å². The molecule has 3 aromatic carbocycles. The van der Waals surface area contributed by atoms with Crippen molar-refractivity contribution in [3.05, 3.63) is 94.6 Å². The minimum Gasteiger partial charge on any atom is -0.508 e. The van der Waals surface area contributed by atoms with Crippen LogP contribution < -0.4 is 9.64 Å². The minimum absolute atomic E-state index is 0.000386. The zero-order valence-corrected chi connectivity index (χ0v) is 33.5. The Hall–Kier alpha value is -5.66. The van der Waals surface area contributed by atoms with Crippen molar-refractivity contribution in [1.82, 2.24) is 0 Å². The van der Waals surface area contributed by atoms with Crippen molar-refractivity contribution in [1.29, 1.82) is 0 Å². The molecule has 10 N–H and O–H groups in total. The molecule has 3 aromatic rings. The van der Waals surface area contributed by atoms with E-state index in [1.54, 1.807) is 42.6 Å². The van der Waals surface area contributed by atoms with E-state index in [-0.39, 0.29) is 48.9 Å². The molecule has 3 heterocycles. The van der Waals surface area contributed by atoms with Crippen LogP contribution in [0.1, 0.15) is 66.7 Å². The number of amides is 1. The van der Waals surface area contributed by atoms with Gasteiger partial charge in [0.05, 0.1) is 18.0 Å². The summed E-state index contributed by atoms with van der Waals surface area (Å²) in [6, 6.07) is 13.8. The Morgan fingerprint density at radius 1 is 0.919 bits per heavy atom. The zero-order valence-electron chi connectivity index (χ0n) is 33.5. The van der Waals surface area contributed by atoms with E-state index < -0.39 is 83.2 Å². The van der Waals surface area contributed by atoms with E-state index in [1.165, 1.54) is 24.3 Å². The minimum atomic E-state index is -3.17. The molecule has 17 nitrogen and oxygen atoms in total. The molecule has 0 radical (unpaired) electrons. The van der Waals surface area contributed by atoms with Gasteiger partial charge in [-0.15, -0.1) is 0 Å². The highest BCUT2D eigenvalue weighted by Crippen LogP contribution is 2.67. The lowest BCUT2D eigenvalue weighted by atomic mass is 9.56. The average molecular weight is 856 g/mol. The second-order valence-corrected chi connectivity index (χ2v) is 16.6. The Bertz CT molecular complexity index is 2370. The molecule has 0 unspecified atom stereocenters. The Labute approximate surface area is 355 Å². The second-order valence-electron chi connectivity index (χ2n) is 16.6. The molecule has 1 amide bonds. The van der Waals surface area contributed by atoms with Crippen molar-refractivity contribution in [3.8, 4) is 23.0 Å². The summed E-state index contributed by atoms with van der Waals surface area (Å²) in [4.78, 5) is 38.6. The van der Waals surface area contributed by atoms with Crippen LogP contribution in [-0.2, 0) is 26.2 Å². The lowest BCUT2D eigenvalue weighted by Crippen LogP contribution is -2.67. The lowest BCUT2D eigenvalue weighted by Gasteiger charge is -2.47. The predicted octanol–water partition coefficient (Wildman–Crippen LogP) is 2.14. The van der Waals surface area contributed by atoms with Gasteiger partial charge in [0, 0.05) is 53.8 Å². The number of carboxylic acid groups (broad SMARTS) is 1. The highest BCUT2D eigenvalue weighted by Gasteiger charge is 2.68. The van der Waals surface area contributed by atoms with E-state index in [2.05, 4.69) is 9.98 Å². The number of rotatable bonds is 12. The number of aromatic hydroxyl groups is 3. The molecular weight excluding hydrogens is 807 g/mol. The molecule has 8 rings (SSSR count).